The van der Waals surface area contributed by atoms with Gasteiger partial charge in [0.15, 0.2) is 0 Å². The van der Waals surface area contributed by atoms with E-state index in [1.54, 1.807) is 0 Å². The zero-order chi connectivity index (χ0) is 59.2. The van der Waals surface area contributed by atoms with Crippen molar-refractivity contribution in [2.24, 2.45) is 0 Å². The van der Waals surface area contributed by atoms with Crippen molar-refractivity contribution >= 4 is 11.9 Å². The lowest BCUT2D eigenvalue weighted by molar-refractivity contribution is -0.143. The van der Waals surface area contributed by atoms with Gasteiger partial charge in [-0.15, -0.1) is 0 Å². The molecule has 0 aromatic heterocycles. The molecule has 0 heterocycles. The number of rotatable bonds is 73. The number of nitrogens with one attached hydrogen (secondary N) is 1. The van der Waals surface area contributed by atoms with Gasteiger partial charge in [-0.25, -0.2) is 0 Å². The van der Waals surface area contributed by atoms with Crippen molar-refractivity contribution in [3.63, 3.8) is 0 Å². The molecule has 0 bridgehead atoms. The highest BCUT2D eigenvalue weighted by atomic mass is 16.5. The minimum absolute atomic E-state index is 0.0265. The topological polar surface area (TPSA) is 95.9 Å². The molecule has 490 valence electrons. The maximum atomic E-state index is 12.5. The van der Waals surface area contributed by atoms with Crippen LogP contribution in [0.3, 0.4) is 0 Å². The standard InChI is InChI=1S/C76H151NO5/c1-3-5-7-9-11-13-15-17-18-38-42-46-50-54-58-62-66-70-76(81)82-71-67-63-59-55-51-47-43-40-37-35-33-31-29-27-25-23-21-19-20-22-24-26-28-30-32-34-36-39-41-45-49-53-57-61-65-69-75(80)77-73(72-78)74(79)68-64-60-56-52-48-44-16-14-12-10-8-6-4-2/h73-74,78-79H,3-72H2,1-2H3,(H,77,80). The van der Waals surface area contributed by atoms with Crippen LogP contribution in [0.4, 0.5) is 0 Å². The number of amides is 1. The van der Waals surface area contributed by atoms with Crippen LogP contribution >= 0.6 is 0 Å². The van der Waals surface area contributed by atoms with E-state index >= 15 is 0 Å². The molecule has 0 saturated heterocycles. The molecule has 0 fully saturated rings. The number of hydrogen-bond donors (Lipinski definition) is 3. The van der Waals surface area contributed by atoms with Gasteiger partial charge in [0.25, 0.3) is 0 Å². The largest absolute Gasteiger partial charge is 0.466 e. The van der Waals surface area contributed by atoms with E-state index in [1.165, 1.54) is 379 Å². The van der Waals surface area contributed by atoms with E-state index in [0.29, 0.717) is 25.9 Å². The molecule has 0 aromatic carbocycles. The van der Waals surface area contributed by atoms with Crippen molar-refractivity contribution in [1.29, 1.82) is 0 Å². The molecule has 82 heavy (non-hydrogen) atoms. The Morgan fingerprint density at radius 1 is 0.293 bits per heavy atom. The van der Waals surface area contributed by atoms with E-state index in [1.807, 2.05) is 0 Å². The first-order valence-corrected chi connectivity index (χ1v) is 38.3. The summed E-state index contributed by atoms with van der Waals surface area (Å²) >= 11 is 0. The number of aliphatic hydroxyl groups is 2. The average molecular weight is 1160 g/mol. The van der Waals surface area contributed by atoms with Gasteiger partial charge in [-0.1, -0.05) is 412 Å². The fraction of sp³-hybridized carbons (Fsp3) is 0.974. The van der Waals surface area contributed by atoms with Crippen LogP contribution in [0.5, 0.6) is 0 Å². The highest BCUT2D eigenvalue weighted by Crippen LogP contribution is 2.20. The Labute approximate surface area is 515 Å². The first-order valence-electron chi connectivity index (χ1n) is 38.3. The lowest BCUT2D eigenvalue weighted by Crippen LogP contribution is -2.45. The second-order valence-corrected chi connectivity index (χ2v) is 26.7. The molecule has 0 aliphatic heterocycles. The first-order chi connectivity index (χ1) is 40.5. The molecule has 3 N–H and O–H groups in total. The summed E-state index contributed by atoms with van der Waals surface area (Å²) in [7, 11) is 0. The smallest absolute Gasteiger partial charge is 0.305 e. The maximum absolute atomic E-state index is 12.5. The van der Waals surface area contributed by atoms with Crippen LogP contribution in [-0.2, 0) is 14.3 Å². The maximum Gasteiger partial charge on any atom is 0.305 e. The highest BCUT2D eigenvalue weighted by molar-refractivity contribution is 5.76. The Bertz CT molecular complexity index is 1200. The summed E-state index contributed by atoms with van der Waals surface area (Å²) in [5.74, 6) is 0.00139. The molecule has 6 heteroatoms. The van der Waals surface area contributed by atoms with Crippen molar-refractivity contribution in [2.45, 2.75) is 463 Å². The first kappa shape index (κ1) is 80.9. The summed E-state index contributed by atoms with van der Waals surface area (Å²) in [4.78, 5) is 24.6. The third-order valence-electron chi connectivity index (χ3n) is 18.4. The van der Waals surface area contributed by atoms with Gasteiger partial charge in [-0.2, -0.15) is 0 Å². The van der Waals surface area contributed by atoms with Gasteiger partial charge >= 0.3 is 5.97 Å². The fourth-order valence-electron chi connectivity index (χ4n) is 12.6. The second kappa shape index (κ2) is 72.3. The van der Waals surface area contributed by atoms with E-state index in [4.69, 9.17) is 4.74 Å². The van der Waals surface area contributed by atoms with Crippen molar-refractivity contribution in [1.82, 2.24) is 5.32 Å². The summed E-state index contributed by atoms with van der Waals surface area (Å²) in [6.07, 6.45) is 89.1. The van der Waals surface area contributed by atoms with Crippen LogP contribution in [0, 0.1) is 0 Å². The van der Waals surface area contributed by atoms with E-state index in [0.717, 1.165) is 38.5 Å². The van der Waals surface area contributed by atoms with Gasteiger partial charge in [0.2, 0.25) is 5.91 Å². The van der Waals surface area contributed by atoms with Crippen LogP contribution in [-0.4, -0.2) is 47.4 Å². The molecule has 0 aromatic rings. The molecule has 0 saturated carbocycles. The summed E-state index contributed by atoms with van der Waals surface area (Å²) in [6, 6.07) is -0.535. The number of aliphatic hydroxyl groups excluding tert-OH is 2. The molecule has 0 aliphatic carbocycles. The molecule has 1 amide bonds. The molecular weight excluding hydrogens is 1010 g/mol. The normalized spacial score (nSPS) is 12.4. The zero-order valence-corrected chi connectivity index (χ0v) is 56.3. The van der Waals surface area contributed by atoms with Gasteiger partial charge in [0, 0.05) is 12.8 Å². The monoisotopic (exact) mass is 1160 g/mol. The Hall–Kier alpha value is -1.14. The van der Waals surface area contributed by atoms with Crippen molar-refractivity contribution in [3.05, 3.63) is 0 Å². The number of hydrogen-bond acceptors (Lipinski definition) is 5. The highest BCUT2D eigenvalue weighted by Gasteiger charge is 2.20. The van der Waals surface area contributed by atoms with E-state index in [9.17, 15) is 19.8 Å². The third-order valence-corrected chi connectivity index (χ3v) is 18.4. The zero-order valence-electron chi connectivity index (χ0n) is 56.3. The quantitative estimate of drug-likeness (QED) is 0.0417. The SMILES string of the molecule is CCCCCCCCCCCCCCCCCCCC(=O)OCCCCCCCCCCCCCCCCCCCCCCCCCCCCCCCCCCCCCC(=O)NC(CO)C(O)CCCCCCCCCCCCCCC. The molecular formula is C76H151NO5. The van der Waals surface area contributed by atoms with Gasteiger partial charge < -0.3 is 20.3 Å². The molecule has 2 atom stereocenters. The molecule has 0 aliphatic rings. The Morgan fingerprint density at radius 2 is 0.500 bits per heavy atom. The van der Waals surface area contributed by atoms with Crippen LogP contribution in [0.15, 0.2) is 0 Å². The Kier molecular flexibility index (Phi) is 71.3. The average Bonchev–Trinajstić information content (AvgIpc) is 3.48. The number of unbranched alkanes of at least 4 members (excludes halogenated alkanes) is 62. The van der Waals surface area contributed by atoms with Crippen molar-refractivity contribution < 1.29 is 24.5 Å². The van der Waals surface area contributed by atoms with Gasteiger partial charge in [-0.3, -0.25) is 9.59 Å². The van der Waals surface area contributed by atoms with Gasteiger partial charge in [0.1, 0.15) is 0 Å². The number of ether oxygens (including phenoxy) is 1. The van der Waals surface area contributed by atoms with E-state index in [2.05, 4.69) is 19.2 Å². The fourth-order valence-corrected chi connectivity index (χ4v) is 12.6. The predicted molar refractivity (Wildman–Crippen MR) is 361 cm³/mol. The van der Waals surface area contributed by atoms with Gasteiger partial charge in [0.05, 0.1) is 25.4 Å². The molecule has 2 unspecified atom stereocenters. The number of carbonyl (C=O) groups is 2. The van der Waals surface area contributed by atoms with Crippen LogP contribution < -0.4 is 5.32 Å². The molecule has 0 radical (unpaired) electrons. The van der Waals surface area contributed by atoms with Crippen LogP contribution in [0.2, 0.25) is 0 Å². The Morgan fingerprint density at radius 3 is 0.744 bits per heavy atom. The van der Waals surface area contributed by atoms with Crippen LogP contribution in [0.25, 0.3) is 0 Å². The Balaban J connectivity index is 3.27. The van der Waals surface area contributed by atoms with E-state index in [-0.39, 0.29) is 18.5 Å². The van der Waals surface area contributed by atoms with Crippen molar-refractivity contribution in [2.75, 3.05) is 13.2 Å². The molecule has 0 rings (SSSR count). The number of carbonyl (C=O) groups excluding carboxylic acids is 2. The summed E-state index contributed by atoms with van der Waals surface area (Å²) in [6.45, 7) is 5.01. The summed E-state index contributed by atoms with van der Waals surface area (Å²) in [5.41, 5.74) is 0. The van der Waals surface area contributed by atoms with Gasteiger partial charge in [-0.05, 0) is 25.7 Å². The third kappa shape index (κ3) is 68.0. The predicted octanol–water partition coefficient (Wildman–Crippen LogP) is 24.9. The molecule has 0 spiro atoms. The van der Waals surface area contributed by atoms with Crippen molar-refractivity contribution in [3.8, 4) is 0 Å². The van der Waals surface area contributed by atoms with E-state index < -0.39 is 12.1 Å². The second-order valence-electron chi connectivity index (χ2n) is 26.7. The minimum atomic E-state index is -0.658. The molecule has 6 nitrogen and oxygen atoms in total. The lowest BCUT2D eigenvalue weighted by Gasteiger charge is -2.22. The summed E-state index contributed by atoms with van der Waals surface area (Å²) in [5, 5.41) is 23.3. The minimum Gasteiger partial charge on any atom is -0.466 e. The number of esters is 1. The summed E-state index contributed by atoms with van der Waals surface area (Å²) < 4.78 is 5.52. The lowest BCUT2D eigenvalue weighted by atomic mass is 10.0. The van der Waals surface area contributed by atoms with Crippen LogP contribution in [0.1, 0.15) is 450 Å².